The largest absolute Gasteiger partial charge is 0.465 e. The van der Waals surface area contributed by atoms with Crippen LogP contribution in [0.1, 0.15) is 25.3 Å². The summed E-state index contributed by atoms with van der Waals surface area (Å²) in [6.07, 6.45) is 1.30. The van der Waals surface area contributed by atoms with Crippen molar-refractivity contribution in [3.8, 4) is 0 Å². The fraction of sp³-hybridized carbons (Fsp3) is 0.619. The summed E-state index contributed by atoms with van der Waals surface area (Å²) in [5, 5.41) is 9.88. The summed E-state index contributed by atoms with van der Waals surface area (Å²) in [7, 11) is 0. The Morgan fingerprint density at radius 2 is 1.69 bits per heavy atom. The number of rotatable bonds is 3. The Morgan fingerprint density at radius 3 is 2.28 bits per heavy atom. The van der Waals surface area contributed by atoms with Crippen molar-refractivity contribution in [2.24, 2.45) is 5.41 Å². The molecule has 1 aromatic rings. The third-order valence-electron chi connectivity index (χ3n) is 6.75. The Kier molecular flexibility index (Phi) is 5.62. The smallest absolute Gasteiger partial charge is 0.407 e. The number of hydrogen-bond acceptors (Lipinski definition) is 4. The zero-order valence-electron chi connectivity index (χ0n) is 16.9. The van der Waals surface area contributed by atoms with Crippen molar-refractivity contribution >= 4 is 29.3 Å². The molecule has 0 saturated carbocycles. The highest BCUT2D eigenvalue weighted by Gasteiger charge is 2.45. The van der Waals surface area contributed by atoms with Gasteiger partial charge in [0.2, 0.25) is 5.91 Å². The molecule has 4 rings (SSSR count). The summed E-state index contributed by atoms with van der Waals surface area (Å²) >= 11 is 6.31. The molecule has 1 N–H and O–H groups in total. The number of anilines is 1. The molecule has 1 aromatic carbocycles. The predicted octanol–water partition coefficient (Wildman–Crippen LogP) is 2.58. The Hall–Kier alpha value is -1.99. The van der Waals surface area contributed by atoms with Gasteiger partial charge in [-0.1, -0.05) is 17.7 Å². The SMILES string of the molecule is CC(=O)N1CCC2(CC1)CN(c1cc(Cl)ccc1CN1CCN(C(=O)O)CC1)C2. The van der Waals surface area contributed by atoms with Crippen LogP contribution in [0.3, 0.4) is 0 Å². The number of benzene rings is 1. The first kappa shape index (κ1) is 20.3. The molecule has 3 aliphatic heterocycles. The van der Waals surface area contributed by atoms with Gasteiger partial charge < -0.3 is 19.8 Å². The fourth-order valence-electron chi connectivity index (χ4n) is 4.85. The lowest BCUT2D eigenvalue weighted by atomic mass is 9.71. The zero-order valence-corrected chi connectivity index (χ0v) is 17.7. The van der Waals surface area contributed by atoms with E-state index in [-0.39, 0.29) is 5.91 Å². The van der Waals surface area contributed by atoms with Gasteiger partial charge in [-0.25, -0.2) is 4.79 Å². The van der Waals surface area contributed by atoms with Crippen molar-refractivity contribution in [3.63, 3.8) is 0 Å². The van der Waals surface area contributed by atoms with Crippen LogP contribution in [0.4, 0.5) is 10.5 Å². The molecule has 7 nitrogen and oxygen atoms in total. The molecule has 29 heavy (non-hydrogen) atoms. The number of likely N-dealkylation sites (tertiary alicyclic amines) is 1. The van der Waals surface area contributed by atoms with E-state index >= 15 is 0 Å². The van der Waals surface area contributed by atoms with Crippen LogP contribution in [0, 0.1) is 5.41 Å². The van der Waals surface area contributed by atoms with Gasteiger partial charge in [-0.3, -0.25) is 9.69 Å². The number of piperidine rings is 1. The summed E-state index contributed by atoms with van der Waals surface area (Å²) in [4.78, 5) is 30.9. The molecule has 1 spiro atoms. The zero-order chi connectivity index (χ0) is 20.6. The Labute approximate surface area is 176 Å². The Balaban J connectivity index is 1.39. The summed E-state index contributed by atoms with van der Waals surface area (Å²) in [6.45, 7) is 8.81. The van der Waals surface area contributed by atoms with Crippen molar-refractivity contribution in [1.82, 2.24) is 14.7 Å². The third-order valence-corrected chi connectivity index (χ3v) is 6.98. The van der Waals surface area contributed by atoms with Crippen molar-refractivity contribution in [2.75, 3.05) is 57.3 Å². The lowest BCUT2D eigenvalue weighted by Gasteiger charge is -2.55. The van der Waals surface area contributed by atoms with Crippen LogP contribution in [-0.2, 0) is 11.3 Å². The van der Waals surface area contributed by atoms with Gasteiger partial charge in [0.05, 0.1) is 0 Å². The number of hydrogen-bond donors (Lipinski definition) is 1. The van der Waals surface area contributed by atoms with Crippen LogP contribution in [-0.4, -0.2) is 84.2 Å². The second-order valence-corrected chi connectivity index (χ2v) is 9.12. The third kappa shape index (κ3) is 4.31. The number of carboxylic acid groups (broad SMARTS) is 1. The van der Waals surface area contributed by atoms with Crippen LogP contribution in [0.5, 0.6) is 0 Å². The van der Waals surface area contributed by atoms with E-state index in [1.807, 2.05) is 11.0 Å². The number of piperazine rings is 1. The average Bonchev–Trinajstić information content (AvgIpc) is 2.68. The molecular formula is C21H29ClN4O3. The van der Waals surface area contributed by atoms with E-state index in [9.17, 15) is 9.59 Å². The average molecular weight is 421 g/mol. The van der Waals surface area contributed by atoms with Gasteiger partial charge in [0.15, 0.2) is 0 Å². The number of halogens is 1. The number of carbonyl (C=O) groups excluding carboxylic acids is 1. The van der Waals surface area contributed by atoms with Crippen LogP contribution >= 0.6 is 11.6 Å². The summed E-state index contributed by atoms with van der Waals surface area (Å²) in [5.74, 6) is 0.177. The molecule has 3 aliphatic rings. The predicted molar refractivity (Wildman–Crippen MR) is 112 cm³/mol. The molecule has 3 heterocycles. The first-order valence-corrected chi connectivity index (χ1v) is 10.7. The quantitative estimate of drug-likeness (QED) is 0.814. The van der Waals surface area contributed by atoms with E-state index in [0.717, 1.165) is 63.7 Å². The maximum Gasteiger partial charge on any atom is 0.407 e. The lowest BCUT2D eigenvalue weighted by molar-refractivity contribution is -0.131. The molecule has 2 amide bonds. The molecule has 0 radical (unpaired) electrons. The van der Waals surface area contributed by atoms with E-state index in [0.29, 0.717) is 18.5 Å². The molecule has 0 aliphatic carbocycles. The highest BCUT2D eigenvalue weighted by Crippen LogP contribution is 2.44. The standard InChI is InChI=1S/C21H29ClN4O3/c1-16(27)24-6-4-21(5-7-24)14-26(15-21)19-12-18(22)3-2-17(19)13-23-8-10-25(11-9-23)20(28)29/h2-3,12H,4-11,13-15H2,1H3,(H,28,29). The topological polar surface area (TPSA) is 67.3 Å². The molecule has 0 aromatic heterocycles. The normalized spacial score (nSPS) is 21.9. The summed E-state index contributed by atoms with van der Waals surface area (Å²) in [6, 6.07) is 6.10. The van der Waals surface area contributed by atoms with E-state index in [1.54, 1.807) is 6.92 Å². The Morgan fingerprint density at radius 1 is 1.03 bits per heavy atom. The maximum atomic E-state index is 11.6. The summed E-state index contributed by atoms with van der Waals surface area (Å²) < 4.78 is 0. The maximum absolute atomic E-state index is 11.6. The first-order chi connectivity index (χ1) is 13.8. The number of carbonyl (C=O) groups is 2. The monoisotopic (exact) mass is 420 g/mol. The van der Waals surface area contributed by atoms with Gasteiger partial charge in [-0.15, -0.1) is 0 Å². The molecule has 3 saturated heterocycles. The van der Waals surface area contributed by atoms with Gasteiger partial charge in [0.1, 0.15) is 0 Å². The molecular weight excluding hydrogens is 392 g/mol. The fourth-order valence-corrected chi connectivity index (χ4v) is 5.02. The van der Waals surface area contributed by atoms with E-state index in [1.165, 1.54) is 16.2 Å². The highest BCUT2D eigenvalue weighted by molar-refractivity contribution is 6.30. The molecule has 158 valence electrons. The second-order valence-electron chi connectivity index (χ2n) is 8.68. The van der Waals surface area contributed by atoms with E-state index < -0.39 is 6.09 Å². The number of nitrogens with zero attached hydrogens (tertiary/aromatic N) is 4. The van der Waals surface area contributed by atoms with Crippen molar-refractivity contribution in [1.29, 1.82) is 0 Å². The first-order valence-electron chi connectivity index (χ1n) is 10.3. The lowest BCUT2D eigenvalue weighted by Crippen LogP contribution is -2.61. The minimum atomic E-state index is -0.835. The minimum absolute atomic E-state index is 0.177. The van der Waals surface area contributed by atoms with Crippen LogP contribution in [0.15, 0.2) is 18.2 Å². The number of amides is 2. The van der Waals surface area contributed by atoms with E-state index in [2.05, 4.69) is 21.9 Å². The molecule has 0 bridgehead atoms. The van der Waals surface area contributed by atoms with Crippen molar-refractivity contribution in [2.45, 2.75) is 26.3 Å². The second kappa shape index (κ2) is 8.03. The molecule has 0 unspecified atom stereocenters. The van der Waals surface area contributed by atoms with Gasteiger partial charge in [0, 0.05) is 82.0 Å². The highest BCUT2D eigenvalue weighted by atomic mass is 35.5. The van der Waals surface area contributed by atoms with Crippen LogP contribution in [0.2, 0.25) is 5.02 Å². The van der Waals surface area contributed by atoms with Crippen molar-refractivity contribution in [3.05, 3.63) is 28.8 Å². The van der Waals surface area contributed by atoms with Crippen LogP contribution < -0.4 is 4.90 Å². The molecule has 3 fully saturated rings. The molecule has 0 atom stereocenters. The Bertz CT molecular complexity index is 778. The van der Waals surface area contributed by atoms with E-state index in [4.69, 9.17) is 16.7 Å². The van der Waals surface area contributed by atoms with Gasteiger partial charge in [0.25, 0.3) is 0 Å². The summed E-state index contributed by atoms with van der Waals surface area (Å²) in [5.41, 5.74) is 2.76. The van der Waals surface area contributed by atoms with Gasteiger partial charge in [-0.2, -0.15) is 0 Å². The van der Waals surface area contributed by atoms with Crippen molar-refractivity contribution < 1.29 is 14.7 Å². The van der Waals surface area contributed by atoms with Gasteiger partial charge in [-0.05, 0) is 30.5 Å². The van der Waals surface area contributed by atoms with Crippen LogP contribution in [0.25, 0.3) is 0 Å². The molecule has 8 heteroatoms. The minimum Gasteiger partial charge on any atom is -0.465 e. The van der Waals surface area contributed by atoms with Gasteiger partial charge >= 0.3 is 6.09 Å².